The van der Waals surface area contributed by atoms with Gasteiger partial charge in [-0.3, -0.25) is 4.79 Å². The first-order chi connectivity index (χ1) is 9.64. The zero-order chi connectivity index (χ0) is 14.4. The summed E-state index contributed by atoms with van der Waals surface area (Å²) in [7, 11) is 0. The van der Waals surface area contributed by atoms with Gasteiger partial charge in [0, 0.05) is 19.8 Å². The van der Waals surface area contributed by atoms with E-state index in [1.54, 1.807) is 0 Å². The average molecular weight is 315 g/mol. The standard InChI is InChI=1S/C15H22N2O3.ClH/c1-2-20-13-5-3-12(4-6-13)11-17-14(18)15(16)7-9-19-10-8-15;/h3-6H,2,7-11,16H2,1H3,(H,17,18);1H. The van der Waals surface area contributed by atoms with E-state index in [1.807, 2.05) is 31.2 Å². The lowest BCUT2D eigenvalue weighted by atomic mass is 9.90. The molecule has 0 atom stereocenters. The van der Waals surface area contributed by atoms with Crippen LogP contribution in [0.1, 0.15) is 25.3 Å². The van der Waals surface area contributed by atoms with Crippen LogP contribution >= 0.6 is 12.4 Å². The van der Waals surface area contributed by atoms with Crippen LogP contribution in [0, 0.1) is 0 Å². The minimum absolute atomic E-state index is 0. The molecular formula is C15H23ClN2O3. The maximum atomic E-state index is 12.1. The molecule has 0 unspecified atom stereocenters. The topological polar surface area (TPSA) is 73.6 Å². The van der Waals surface area contributed by atoms with Crippen molar-refractivity contribution in [1.29, 1.82) is 0 Å². The largest absolute Gasteiger partial charge is 0.494 e. The molecule has 0 radical (unpaired) electrons. The number of halogens is 1. The third-order valence-electron chi connectivity index (χ3n) is 3.52. The molecule has 5 nitrogen and oxygen atoms in total. The quantitative estimate of drug-likeness (QED) is 0.866. The Labute approximate surface area is 131 Å². The van der Waals surface area contributed by atoms with Gasteiger partial charge >= 0.3 is 0 Å². The van der Waals surface area contributed by atoms with E-state index in [9.17, 15) is 4.79 Å². The Balaban J connectivity index is 0.00000220. The van der Waals surface area contributed by atoms with Gasteiger partial charge in [-0.2, -0.15) is 0 Å². The number of carbonyl (C=O) groups is 1. The number of rotatable bonds is 5. The molecule has 1 heterocycles. The second kappa shape index (κ2) is 8.22. The van der Waals surface area contributed by atoms with Gasteiger partial charge in [-0.15, -0.1) is 12.4 Å². The molecule has 3 N–H and O–H groups in total. The summed E-state index contributed by atoms with van der Waals surface area (Å²) in [6.45, 7) is 4.17. The van der Waals surface area contributed by atoms with Crippen molar-refractivity contribution < 1.29 is 14.3 Å². The minimum Gasteiger partial charge on any atom is -0.494 e. The normalized spacial score (nSPS) is 16.7. The van der Waals surface area contributed by atoms with Crippen LogP contribution in [0.15, 0.2) is 24.3 Å². The first-order valence-corrected chi connectivity index (χ1v) is 7.01. The molecular weight excluding hydrogens is 292 g/mol. The molecule has 1 amide bonds. The number of carbonyl (C=O) groups excluding carboxylic acids is 1. The highest BCUT2D eigenvalue weighted by molar-refractivity contribution is 5.86. The van der Waals surface area contributed by atoms with Gasteiger partial charge in [0.25, 0.3) is 0 Å². The first kappa shape index (κ1) is 17.8. The van der Waals surface area contributed by atoms with E-state index in [0.29, 0.717) is 39.2 Å². The zero-order valence-corrected chi connectivity index (χ0v) is 13.1. The fourth-order valence-corrected chi connectivity index (χ4v) is 2.19. The van der Waals surface area contributed by atoms with Crippen LogP contribution in [0.3, 0.4) is 0 Å². The lowest BCUT2D eigenvalue weighted by Gasteiger charge is -2.31. The Morgan fingerprint density at radius 1 is 1.33 bits per heavy atom. The summed E-state index contributed by atoms with van der Waals surface area (Å²) < 4.78 is 10.6. The van der Waals surface area contributed by atoms with Crippen molar-refractivity contribution in [2.75, 3.05) is 19.8 Å². The van der Waals surface area contributed by atoms with Crippen molar-refractivity contribution in [3.05, 3.63) is 29.8 Å². The fraction of sp³-hybridized carbons (Fsp3) is 0.533. The van der Waals surface area contributed by atoms with Gasteiger partial charge in [-0.25, -0.2) is 0 Å². The van der Waals surface area contributed by atoms with Crippen LogP contribution in [-0.2, 0) is 16.1 Å². The van der Waals surface area contributed by atoms with Crippen LogP contribution in [0.2, 0.25) is 0 Å². The molecule has 0 saturated carbocycles. The van der Waals surface area contributed by atoms with E-state index in [2.05, 4.69) is 5.32 Å². The molecule has 1 fully saturated rings. The van der Waals surface area contributed by atoms with Gasteiger partial charge in [-0.05, 0) is 37.5 Å². The molecule has 1 aromatic rings. The second-order valence-electron chi connectivity index (χ2n) is 5.03. The average Bonchev–Trinajstić information content (AvgIpc) is 2.47. The number of amides is 1. The van der Waals surface area contributed by atoms with Gasteiger partial charge in [0.2, 0.25) is 5.91 Å². The van der Waals surface area contributed by atoms with Crippen molar-refractivity contribution in [2.45, 2.75) is 31.8 Å². The third-order valence-corrected chi connectivity index (χ3v) is 3.52. The molecule has 118 valence electrons. The molecule has 1 aromatic carbocycles. The number of nitrogens with two attached hydrogens (primary N) is 1. The second-order valence-corrected chi connectivity index (χ2v) is 5.03. The van der Waals surface area contributed by atoms with E-state index in [4.69, 9.17) is 15.2 Å². The number of hydrogen-bond donors (Lipinski definition) is 2. The molecule has 1 aliphatic rings. The summed E-state index contributed by atoms with van der Waals surface area (Å²) >= 11 is 0. The van der Waals surface area contributed by atoms with Gasteiger partial charge in [0.15, 0.2) is 0 Å². The summed E-state index contributed by atoms with van der Waals surface area (Å²) in [5, 5.41) is 2.90. The Morgan fingerprint density at radius 3 is 2.52 bits per heavy atom. The molecule has 0 bridgehead atoms. The van der Waals surface area contributed by atoms with E-state index < -0.39 is 5.54 Å². The molecule has 1 saturated heterocycles. The number of benzene rings is 1. The fourth-order valence-electron chi connectivity index (χ4n) is 2.19. The highest BCUT2D eigenvalue weighted by atomic mass is 35.5. The van der Waals surface area contributed by atoms with Crippen LogP contribution < -0.4 is 15.8 Å². The minimum atomic E-state index is -0.788. The van der Waals surface area contributed by atoms with E-state index >= 15 is 0 Å². The van der Waals surface area contributed by atoms with E-state index in [-0.39, 0.29) is 18.3 Å². The van der Waals surface area contributed by atoms with Crippen molar-refractivity contribution in [3.8, 4) is 5.75 Å². The summed E-state index contributed by atoms with van der Waals surface area (Å²) in [6.07, 6.45) is 1.14. The van der Waals surface area contributed by atoms with Crippen LogP contribution in [0.4, 0.5) is 0 Å². The van der Waals surface area contributed by atoms with E-state index in [0.717, 1.165) is 11.3 Å². The highest BCUT2D eigenvalue weighted by Gasteiger charge is 2.35. The number of ether oxygens (including phenoxy) is 2. The summed E-state index contributed by atoms with van der Waals surface area (Å²) in [6, 6.07) is 7.69. The van der Waals surface area contributed by atoms with Crippen molar-refractivity contribution >= 4 is 18.3 Å². The molecule has 6 heteroatoms. The van der Waals surface area contributed by atoms with Crippen LogP contribution in [0.25, 0.3) is 0 Å². The summed E-state index contributed by atoms with van der Waals surface area (Å²) in [5.41, 5.74) is 6.36. The predicted molar refractivity (Wildman–Crippen MR) is 83.7 cm³/mol. The highest BCUT2D eigenvalue weighted by Crippen LogP contribution is 2.18. The third kappa shape index (κ3) is 4.88. The van der Waals surface area contributed by atoms with Gasteiger partial charge < -0.3 is 20.5 Å². The molecule has 0 aliphatic carbocycles. The number of hydrogen-bond acceptors (Lipinski definition) is 4. The summed E-state index contributed by atoms with van der Waals surface area (Å²) in [4.78, 5) is 12.1. The lowest BCUT2D eigenvalue weighted by molar-refractivity contribution is -0.129. The molecule has 0 aromatic heterocycles. The lowest BCUT2D eigenvalue weighted by Crippen LogP contribution is -2.56. The van der Waals surface area contributed by atoms with Crippen LogP contribution in [0.5, 0.6) is 5.75 Å². The Kier molecular flexibility index (Phi) is 6.95. The monoisotopic (exact) mass is 314 g/mol. The Hall–Kier alpha value is -1.30. The summed E-state index contributed by atoms with van der Waals surface area (Å²) in [5.74, 6) is 0.733. The van der Waals surface area contributed by atoms with Crippen molar-refractivity contribution in [2.24, 2.45) is 5.73 Å². The van der Waals surface area contributed by atoms with Crippen molar-refractivity contribution in [1.82, 2.24) is 5.32 Å². The first-order valence-electron chi connectivity index (χ1n) is 7.01. The zero-order valence-electron chi connectivity index (χ0n) is 12.3. The maximum absolute atomic E-state index is 12.1. The maximum Gasteiger partial charge on any atom is 0.240 e. The Bertz CT molecular complexity index is 445. The molecule has 0 spiro atoms. The molecule has 2 rings (SSSR count). The Morgan fingerprint density at radius 2 is 1.95 bits per heavy atom. The van der Waals surface area contributed by atoms with Gasteiger partial charge in [-0.1, -0.05) is 12.1 Å². The van der Waals surface area contributed by atoms with Gasteiger partial charge in [0.05, 0.1) is 12.1 Å². The molecule has 1 aliphatic heterocycles. The van der Waals surface area contributed by atoms with Crippen LogP contribution in [-0.4, -0.2) is 31.3 Å². The van der Waals surface area contributed by atoms with Gasteiger partial charge in [0.1, 0.15) is 5.75 Å². The molecule has 21 heavy (non-hydrogen) atoms. The number of nitrogens with one attached hydrogen (secondary N) is 1. The predicted octanol–water partition coefficient (Wildman–Crippen LogP) is 1.63. The van der Waals surface area contributed by atoms with Crippen molar-refractivity contribution in [3.63, 3.8) is 0 Å². The van der Waals surface area contributed by atoms with E-state index in [1.165, 1.54) is 0 Å². The smallest absolute Gasteiger partial charge is 0.240 e. The SMILES string of the molecule is CCOc1ccc(CNC(=O)C2(N)CCOCC2)cc1.Cl.